The first-order valence-corrected chi connectivity index (χ1v) is 8.20. The van der Waals surface area contributed by atoms with Crippen molar-refractivity contribution < 1.29 is 4.79 Å². The fourth-order valence-electron chi connectivity index (χ4n) is 3.45. The number of hydrogen-bond donors (Lipinski definition) is 2. The second kappa shape index (κ2) is 5.96. The van der Waals surface area contributed by atoms with Crippen molar-refractivity contribution in [1.82, 2.24) is 15.5 Å². The highest BCUT2D eigenvalue weighted by Gasteiger charge is 2.29. The van der Waals surface area contributed by atoms with Crippen LogP contribution >= 0.6 is 0 Å². The van der Waals surface area contributed by atoms with Crippen LogP contribution in [0, 0.1) is 5.92 Å². The first kappa shape index (κ1) is 14.7. The van der Waals surface area contributed by atoms with E-state index < -0.39 is 0 Å². The maximum Gasteiger partial charge on any atom is 0.244 e. The highest BCUT2D eigenvalue weighted by molar-refractivity contribution is 5.92. The summed E-state index contributed by atoms with van der Waals surface area (Å²) in [5, 5.41) is 11.2. The Morgan fingerprint density at radius 3 is 3.08 bits per heavy atom. The standard InChI is InChI=1S/C20H19N3O/c1-13-10-15-4-2-3-5-17(15)20(13)22-19(24)9-7-14-6-8-16-12-21-23-18(16)11-14/h2-9,11-13,20H,10H2,1H3,(H,21,23)(H,22,24)/b9-7+/t13-,20-/m1/s1. The van der Waals surface area contributed by atoms with Gasteiger partial charge in [-0.2, -0.15) is 5.10 Å². The first-order valence-electron chi connectivity index (χ1n) is 8.20. The number of carbonyl (C=O) groups is 1. The summed E-state index contributed by atoms with van der Waals surface area (Å²) in [5.41, 5.74) is 4.52. The van der Waals surface area contributed by atoms with Crippen LogP contribution in [0.25, 0.3) is 17.0 Å². The van der Waals surface area contributed by atoms with Crippen LogP contribution in [0.2, 0.25) is 0 Å². The second-order valence-electron chi connectivity index (χ2n) is 6.42. The summed E-state index contributed by atoms with van der Waals surface area (Å²) in [5.74, 6) is 0.356. The van der Waals surface area contributed by atoms with Gasteiger partial charge in [-0.05, 0) is 41.2 Å². The van der Waals surface area contributed by atoms with E-state index in [1.54, 1.807) is 12.3 Å². The minimum Gasteiger partial charge on any atom is -0.345 e. The van der Waals surface area contributed by atoms with Crippen LogP contribution in [0.3, 0.4) is 0 Å². The SMILES string of the molecule is C[C@@H]1Cc2ccccc2[C@@H]1NC(=O)/C=C/c1ccc2cn[nH]c2c1. The van der Waals surface area contributed by atoms with E-state index in [0.29, 0.717) is 5.92 Å². The third-order valence-electron chi connectivity index (χ3n) is 4.69. The molecule has 1 aliphatic rings. The molecule has 1 amide bonds. The van der Waals surface area contributed by atoms with Gasteiger partial charge in [0.05, 0.1) is 17.8 Å². The third kappa shape index (κ3) is 2.71. The highest BCUT2D eigenvalue weighted by atomic mass is 16.1. The van der Waals surface area contributed by atoms with E-state index in [2.05, 4.69) is 40.6 Å². The monoisotopic (exact) mass is 317 g/mol. The van der Waals surface area contributed by atoms with E-state index in [9.17, 15) is 4.79 Å². The van der Waals surface area contributed by atoms with Gasteiger partial charge in [-0.3, -0.25) is 9.89 Å². The zero-order valence-electron chi connectivity index (χ0n) is 13.5. The van der Waals surface area contributed by atoms with E-state index in [1.807, 2.05) is 30.3 Å². The Bertz CT molecular complexity index is 925. The number of H-pyrrole nitrogens is 1. The topological polar surface area (TPSA) is 57.8 Å². The maximum atomic E-state index is 12.3. The summed E-state index contributed by atoms with van der Waals surface area (Å²) < 4.78 is 0. The van der Waals surface area contributed by atoms with E-state index in [0.717, 1.165) is 22.9 Å². The lowest BCUT2D eigenvalue weighted by Gasteiger charge is -2.17. The molecule has 3 aromatic rings. The Hall–Kier alpha value is -2.88. The molecule has 2 N–H and O–H groups in total. The zero-order chi connectivity index (χ0) is 16.5. The predicted octanol–water partition coefficient (Wildman–Crippen LogP) is 3.63. The molecule has 0 aliphatic heterocycles. The molecule has 2 atom stereocenters. The van der Waals surface area contributed by atoms with Gasteiger partial charge < -0.3 is 5.32 Å². The normalized spacial score (nSPS) is 19.7. The molecule has 1 aromatic heterocycles. The predicted molar refractivity (Wildman–Crippen MR) is 95.3 cm³/mol. The molecular formula is C20H19N3O. The van der Waals surface area contributed by atoms with Gasteiger partial charge in [0.2, 0.25) is 5.91 Å². The lowest BCUT2D eigenvalue weighted by molar-refractivity contribution is -0.117. The van der Waals surface area contributed by atoms with Crippen LogP contribution in [0.1, 0.15) is 29.7 Å². The maximum absolute atomic E-state index is 12.3. The van der Waals surface area contributed by atoms with Crippen LogP contribution in [0.5, 0.6) is 0 Å². The smallest absolute Gasteiger partial charge is 0.244 e. The number of rotatable bonds is 3. The van der Waals surface area contributed by atoms with E-state index in [1.165, 1.54) is 11.1 Å². The summed E-state index contributed by atoms with van der Waals surface area (Å²) >= 11 is 0. The van der Waals surface area contributed by atoms with Gasteiger partial charge in [0.25, 0.3) is 0 Å². The number of nitrogens with one attached hydrogen (secondary N) is 2. The number of carbonyl (C=O) groups excluding carboxylic acids is 1. The number of fused-ring (bicyclic) bond motifs is 2. The Kier molecular flexibility index (Phi) is 3.65. The van der Waals surface area contributed by atoms with E-state index in [-0.39, 0.29) is 11.9 Å². The van der Waals surface area contributed by atoms with E-state index >= 15 is 0 Å². The second-order valence-corrected chi connectivity index (χ2v) is 6.42. The molecule has 0 bridgehead atoms. The van der Waals surface area contributed by atoms with Crippen molar-refractivity contribution >= 4 is 22.9 Å². The van der Waals surface area contributed by atoms with E-state index in [4.69, 9.17) is 0 Å². The van der Waals surface area contributed by atoms with Gasteiger partial charge in [0.15, 0.2) is 0 Å². The van der Waals surface area contributed by atoms with Crippen molar-refractivity contribution in [2.24, 2.45) is 5.92 Å². The molecule has 1 heterocycles. The fourth-order valence-corrected chi connectivity index (χ4v) is 3.45. The number of aromatic nitrogens is 2. The van der Waals surface area contributed by atoms with Crippen LogP contribution in [0.15, 0.2) is 54.7 Å². The number of amides is 1. The Balaban J connectivity index is 1.48. The third-order valence-corrected chi connectivity index (χ3v) is 4.69. The Morgan fingerprint density at radius 2 is 2.17 bits per heavy atom. The summed E-state index contributed by atoms with van der Waals surface area (Å²) in [7, 11) is 0. The molecule has 4 rings (SSSR count). The fraction of sp³-hybridized carbons (Fsp3) is 0.200. The van der Waals surface area contributed by atoms with Crippen LogP contribution < -0.4 is 5.32 Å². The van der Waals surface area contributed by atoms with Gasteiger partial charge >= 0.3 is 0 Å². The molecule has 0 radical (unpaired) electrons. The summed E-state index contributed by atoms with van der Waals surface area (Å²) in [6, 6.07) is 14.4. The Labute approximate surface area is 140 Å². The van der Waals surface area contributed by atoms with Gasteiger partial charge in [-0.25, -0.2) is 0 Å². The molecule has 4 nitrogen and oxygen atoms in total. The van der Waals surface area contributed by atoms with Crippen molar-refractivity contribution in [3.05, 3.63) is 71.4 Å². The van der Waals surface area contributed by atoms with Crippen LogP contribution in [0.4, 0.5) is 0 Å². The Morgan fingerprint density at radius 1 is 1.29 bits per heavy atom. The molecule has 4 heteroatoms. The van der Waals surface area contributed by atoms with Gasteiger partial charge in [0, 0.05) is 11.5 Å². The summed E-state index contributed by atoms with van der Waals surface area (Å²) in [6.07, 6.45) is 6.24. The van der Waals surface area contributed by atoms with Crippen molar-refractivity contribution in [3.8, 4) is 0 Å². The minimum absolute atomic E-state index is 0.0618. The molecule has 0 spiro atoms. The first-order chi connectivity index (χ1) is 11.7. The molecule has 1 aliphatic carbocycles. The average molecular weight is 317 g/mol. The van der Waals surface area contributed by atoms with Crippen molar-refractivity contribution in [1.29, 1.82) is 0 Å². The minimum atomic E-state index is -0.0618. The van der Waals surface area contributed by atoms with Crippen LogP contribution in [-0.4, -0.2) is 16.1 Å². The quantitative estimate of drug-likeness (QED) is 0.725. The number of nitrogens with zero attached hydrogens (tertiary/aromatic N) is 1. The highest BCUT2D eigenvalue weighted by Crippen LogP contribution is 2.35. The van der Waals surface area contributed by atoms with Crippen LogP contribution in [-0.2, 0) is 11.2 Å². The van der Waals surface area contributed by atoms with Crippen molar-refractivity contribution in [3.63, 3.8) is 0 Å². The molecule has 0 unspecified atom stereocenters. The molecule has 0 saturated carbocycles. The number of benzene rings is 2. The zero-order valence-corrected chi connectivity index (χ0v) is 13.5. The number of aromatic amines is 1. The number of hydrogen-bond acceptors (Lipinski definition) is 2. The summed E-state index contributed by atoms with van der Waals surface area (Å²) in [4.78, 5) is 12.3. The molecule has 2 aromatic carbocycles. The summed E-state index contributed by atoms with van der Waals surface area (Å²) in [6.45, 7) is 2.18. The molecule has 120 valence electrons. The largest absolute Gasteiger partial charge is 0.345 e. The van der Waals surface area contributed by atoms with Crippen molar-refractivity contribution in [2.45, 2.75) is 19.4 Å². The van der Waals surface area contributed by atoms with Gasteiger partial charge in [0.1, 0.15) is 0 Å². The van der Waals surface area contributed by atoms with Gasteiger partial charge in [-0.1, -0.05) is 43.3 Å². The van der Waals surface area contributed by atoms with Crippen molar-refractivity contribution in [2.75, 3.05) is 0 Å². The van der Waals surface area contributed by atoms with Gasteiger partial charge in [-0.15, -0.1) is 0 Å². The lowest BCUT2D eigenvalue weighted by atomic mass is 10.0. The molecule has 24 heavy (non-hydrogen) atoms. The lowest BCUT2D eigenvalue weighted by Crippen LogP contribution is -2.28. The average Bonchev–Trinajstić information content (AvgIpc) is 3.17. The molecule has 0 fully saturated rings. The molecular weight excluding hydrogens is 298 g/mol. The molecule has 0 saturated heterocycles.